The summed E-state index contributed by atoms with van der Waals surface area (Å²) in [5.74, 6) is 0.954. The number of allylic oxidation sites excluding steroid dienone is 2. The van der Waals surface area contributed by atoms with Crippen LogP contribution in [-0.4, -0.2) is 6.61 Å². The van der Waals surface area contributed by atoms with E-state index < -0.39 is 0 Å². The van der Waals surface area contributed by atoms with E-state index in [2.05, 4.69) is 12.7 Å². The van der Waals surface area contributed by atoms with E-state index in [4.69, 9.17) is 4.74 Å². The average molecular weight is 278 g/mol. The Kier molecular flexibility index (Phi) is 13.9. The topological polar surface area (TPSA) is 9.23 Å². The molecule has 0 saturated carbocycles. The van der Waals surface area contributed by atoms with Crippen LogP contribution in [0.5, 0.6) is 0 Å². The van der Waals surface area contributed by atoms with Crippen molar-refractivity contribution in [3.63, 3.8) is 0 Å². The van der Waals surface area contributed by atoms with Crippen molar-refractivity contribution in [2.75, 3.05) is 6.61 Å². The molecule has 1 radical (unpaired) electrons. The van der Waals surface area contributed by atoms with Gasteiger partial charge in [0.15, 0.2) is 0 Å². The van der Waals surface area contributed by atoms with Crippen LogP contribution in [0.15, 0.2) is 29.7 Å². The van der Waals surface area contributed by atoms with Crippen LogP contribution in [-0.2, 0) is 24.2 Å². The molecular formula is C12H17ClOZn-. The first kappa shape index (κ1) is 17.4. The number of halogens is 1. The molecule has 0 aromatic carbocycles. The summed E-state index contributed by atoms with van der Waals surface area (Å²) in [5, 5.41) is 0. The van der Waals surface area contributed by atoms with Crippen LogP contribution in [0.4, 0.5) is 0 Å². The monoisotopic (exact) mass is 276 g/mol. The fourth-order valence-electron chi connectivity index (χ4n) is 1.19. The van der Waals surface area contributed by atoms with Crippen molar-refractivity contribution in [1.82, 2.24) is 0 Å². The average Bonchev–Trinajstić information content (AvgIpc) is 2.19. The van der Waals surface area contributed by atoms with Crippen LogP contribution in [0.3, 0.4) is 0 Å². The molecule has 1 rings (SSSR count). The van der Waals surface area contributed by atoms with Gasteiger partial charge in [0.1, 0.15) is 5.76 Å². The van der Waals surface area contributed by atoms with E-state index in [-0.39, 0.29) is 31.9 Å². The molecular weight excluding hydrogens is 261 g/mol. The molecule has 0 N–H and O–H groups in total. The van der Waals surface area contributed by atoms with Gasteiger partial charge in [-0.05, 0) is 24.6 Å². The zero-order valence-corrected chi connectivity index (χ0v) is 13.1. The molecule has 0 fully saturated rings. The van der Waals surface area contributed by atoms with Gasteiger partial charge in [0.25, 0.3) is 0 Å². The minimum atomic E-state index is 0. The van der Waals surface area contributed by atoms with E-state index in [1.165, 1.54) is 19.3 Å². The summed E-state index contributed by atoms with van der Waals surface area (Å²) in [6.45, 7) is 3.05. The smallest absolute Gasteiger partial charge is 0.105 e. The van der Waals surface area contributed by atoms with E-state index in [1.54, 1.807) is 0 Å². The van der Waals surface area contributed by atoms with E-state index in [0.29, 0.717) is 0 Å². The van der Waals surface area contributed by atoms with Gasteiger partial charge in [0, 0.05) is 19.5 Å². The minimum Gasteiger partial charge on any atom is -1.00 e. The molecule has 0 bridgehead atoms. The fourth-order valence-corrected chi connectivity index (χ4v) is 1.19. The van der Waals surface area contributed by atoms with Crippen molar-refractivity contribution in [1.29, 1.82) is 0 Å². The summed E-state index contributed by atoms with van der Waals surface area (Å²) in [4.78, 5) is 0. The maximum atomic E-state index is 5.53. The molecule has 1 aliphatic rings. The van der Waals surface area contributed by atoms with Gasteiger partial charge >= 0.3 is 0 Å². The van der Waals surface area contributed by atoms with E-state index >= 15 is 0 Å². The maximum Gasteiger partial charge on any atom is 0.105 e. The molecule has 0 saturated heterocycles. The molecule has 0 amide bonds. The first-order valence-electron chi connectivity index (χ1n) is 5.02. The molecule has 0 atom stereocenters. The Bertz CT molecular complexity index is 230. The van der Waals surface area contributed by atoms with Gasteiger partial charge in [0.05, 0.1) is 13.0 Å². The number of hydrogen-bond acceptors (Lipinski definition) is 1. The zero-order chi connectivity index (χ0) is 9.36. The van der Waals surface area contributed by atoms with Crippen molar-refractivity contribution in [3.05, 3.63) is 36.1 Å². The maximum absolute atomic E-state index is 5.53. The summed E-state index contributed by atoms with van der Waals surface area (Å²) in [6, 6.07) is 0. The molecule has 0 unspecified atom stereocenters. The second kappa shape index (κ2) is 12.0. The molecule has 0 aromatic rings. The first-order chi connectivity index (χ1) is 6.43. The third-order valence-electron chi connectivity index (χ3n) is 1.95. The van der Waals surface area contributed by atoms with Crippen molar-refractivity contribution in [2.45, 2.75) is 32.6 Å². The Morgan fingerprint density at radius 1 is 1.20 bits per heavy atom. The van der Waals surface area contributed by atoms with E-state index in [1.807, 2.05) is 24.6 Å². The number of ether oxygens (including phenoxy) is 1. The number of unbranched alkanes of at least 4 members (excludes halogenated alkanes) is 3. The molecule has 0 heterocycles. The predicted octanol–water partition coefficient (Wildman–Crippen LogP) is 0.398. The number of rotatable bonds is 6. The molecule has 1 aliphatic carbocycles. The van der Waals surface area contributed by atoms with Crippen LogP contribution in [0.2, 0.25) is 0 Å². The van der Waals surface area contributed by atoms with Gasteiger partial charge in [-0.15, -0.1) is 5.73 Å². The van der Waals surface area contributed by atoms with Gasteiger partial charge < -0.3 is 17.1 Å². The van der Waals surface area contributed by atoms with Gasteiger partial charge in [-0.3, -0.25) is 0 Å². The van der Waals surface area contributed by atoms with Gasteiger partial charge in [0.2, 0.25) is 0 Å². The van der Waals surface area contributed by atoms with Gasteiger partial charge in [-0.2, -0.15) is 0 Å². The Balaban J connectivity index is 0. The Hall–Kier alpha value is -0.0266. The van der Waals surface area contributed by atoms with Crippen LogP contribution in [0, 0.1) is 6.42 Å². The predicted molar refractivity (Wildman–Crippen MR) is 55.1 cm³/mol. The third-order valence-corrected chi connectivity index (χ3v) is 1.95. The summed E-state index contributed by atoms with van der Waals surface area (Å²) in [7, 11) is 0. The normalized spacial score (nSPS) is 12.5. The summed E-state index contributed by atoms with van der Waals surface area (Å²) >= 11 is 0. The molecule has 0 aliphatic heterocycles. The summed E-state index contributed by atoms with van der Waals surface area (Å²) in [5.41, 5.74) is 2.96. The Morgan fingerprint density at radius 2 is 2.00 bits per heavy atom. The quantitative estimate of drug-likeness (QED) is 0.388. The van der Waals surface area contributed by atoms with Crippen molar-refractivity contribution in [3.8, 4) is 0 Å². The van der Waals surface area contributed by atoms with Crippen LogP contribution in [0.1, 0.15) is 32.6 Å². The van der Waals surface area contributed by atoms with E-state index in [0.717, 1.165) is 18.8 Å². The van der Waals surface area contributed by atoms with Crippen LogP contribution >= 0.6 is 0 Å². The second-order valence-corrected chi connectivity index (χ2v) is 3.14. The molecule has 0 spiro atoms. The van der Waals surface area contributed by atoms with Gasteiger partial charge in [-0.1, -0.05) is 26.2 Å². The standard InChI is InChI=1S/C12H17O.ClH.Zn/c1-2-3-4-8-11-13-12-9-6-5-7-10-12;;/h6-7,9-10H,2-4,8,11H2,1H3;1H;/p-1. The Morgan fingerprint density at radius 3 is 2.60 bits per heavy atom. The zero-order valence-electron chi connectivity index (χ0n) is 9.34. The second-order valence-electron chi connectivity index (χ2n) is 3.14. The van der Waals surface area contributed by atoms with Crippen LogP contribution in [0.25, 0.3) is 0 Å². The fraction of sp³-hybridized carbons (Fsp3) is 0.500. The third kappa shape index (κ3) is 8.94. The molecule has 0 aromatic heterocycles. The summed E-state index contributed by atoms with van der Waals surface area (Å²) in [6.07, 6.45) is 12.7. The molecule has 15 heavy (non-hydrogen) atoms. The SMILES string of the molecule is CCCCCCOC1=CC=C=C[CH]1.[Cl-].[Zn]. The van der Waals surface area contributed by atoms with Crippen molar-refractivity contribution >= 4 is 0 Å². The van der Waals surface area contributed by atoms with Crippen LogP contribution < -0.4 is 12.4 Å². The van der Waals surface area contributed by atoms with Gasteiger partial charge in [-0.25, -0.2) is 0 Å². The minimum absolute atomic E-state index is 0. The van der Waals surface area contributed by atoms with Crippen molar-refractivity contribution in [2.24, 2.45) is 0 Å². The molecule has 1 nitrogen and oxygen atoms in total. The largest absolute Gasteiger partial charge is 1.00 e. The van der Waals surface area contributed by atoms with Crippen molar-refractivity contribution < 1.29 is 36.6 Å². The first-order valence-corrected chi connectivity index (χ1v) is 5.02. The molecule has 81 valence electrons. The number of hydrogen-bond donors (Lipinski definition) is 0. The van der Waals surface area contributed by atoms with E-state index in [9.17, 15) is 0 Å². The summed E-state index contributed by atoms with van der Waals surface area (Å²) < 4.78 is 5.53. The Labute approximate surface area is 112 Å². The molecule has 3 heteroatoms.